The van der Waals surface area contributed by atoms with Gasteiger partial charge >= 0.3 is 0 Å². The van der Waals surface area contributed by atoms with Crippen LogP contribution < -0.4 is 10.2 Å². The summed E-state index contributed by atoms with van der Waals surface area (Å²) >= 11 is 0. The van der Waals surface area contributed by atoms with E-state index in [-0.39, 0.29) is 11.9 Å². The summed E-state index contributed by atoms with van der Waals surface area (Å²) in [4.78, 5) is 28.9. The van der Waals surface area contributed by atoms with Crippen LogP contribution in [0, 0.1) is 5.41 Å². The second-order valence-electron chi connectivity index (χ2n) is 9.67. The minimum atomic E-state index is -0.150. The highest BCUT2D eigenvalue weighted by atomic mass is 16.2. The van der Waals surface area contributed by atoms with Gasteiger partial charge in [0.1, 0.15) is 11.5 Å². The largest absolute Gasteiger partial charge is 0.355 e. The highest BCUT2D eigenvalue weighted by molar-refractivity contribution is 5.92. The van der Waals surface area contributed by atoms with Crippen LogP contribution in [0.3, 0.4) is 0 Å². The van der Waals surface area contributed by atoms with Gasteiger partial charge in [-0.05, 0) is 43.7 Å². The number of carbonyl (C=O) groups is 1. The predicted molar refractivity (Wildman–Crippen MR) is 121 cm³/mol. The number of pyridine rings is 1. The number of amides is 1. The summed E-state index contributed by atoms with van der Waals surface area (Å²) in [5.41, 5.74) is 5.54. The van der Waals surface area contributed by atoms with E-state index in [2.05, 4.69) is 39.2 Å². The molecular formula is C24H29N7O. The molecule has 1 N–H and O–H groups in total. The molecule has 0 bridgehead atoms. The fourth-order valence-corrected chi connectivity index (χ4v) is 5.18. The third-order valence-corrected chi connectivity index (χ3v) is 7.34. The van der Waals surface area contributed by atoms with Crippen LogP contribution in [0.2, 0.25) is 0 Å². The van der Waals surface area contributed by atoms with Crippen LogP contribution in [0.1, 0.15) is 65.4 Å². The molecule has 1 aliphatic heterocycles. The summed E-state index contributed by atoms with van der Waals surface area (Å²) < 4.78 is 4.00. The lowest BCUT2D eigenvalue weighted by atomic mass is 9.97. The normalized spacial score (nSPS) is 20.3. The molecule has 1 amide bonds. The Balaban J connectivity index is 1.13. The Kier molecular flexibility index (Phi) is 4.38. The molecule has 1 atom stereocenters. The van der Waals surface area contributed by atoms with Crippen molar-refractivity contribution in [1.82, 2.24) is 29.4 Å². The molecule has 3 aromatic heterocycles. The van der Waals surface area contributed by atoms with Crippen molar-refractivity contribution >= 4 is 11.7 Å². The van der Waals surface area contributed by atoms with Crippen molar-refractivity contribution in [3.63, 3.8) is 0 Å². The Morgan fingerprint density at radius 3 is 2.84 bits per heavy atom. The lowest BCUT2D eigenvalue weighted by Crippen LogP contribution is -2.48. The number of rotatable bonds is 6. The SMILES string of the molecule is CCc1nc(N2CC3(CC3)C2)ccc1Cn1cnc(C(=O)N[C@@H]2CCc3c2ncn3C)c1. The van der Waals surface area contributed by atoms with Crippen molar-refractivity contribution in [3.05, 3.63) is 59.3 Å². The minimum absolute atomic E-state index is 0.0384. The second-order valence-corrected chi connectivity index (χ2v) is 9.67. The van der Waals surface area contributed by atoms with Crippen LogP contribution in [-0.4, -0.2) is 43.1 Å². The molecule has 2 fully saturated rings. The average Bonchev–Trinajstić information content (AvgIpc) is 3.08. The van der Waals surface area contributed by atoms with E-state index in [1.165, 1.54) is 24.1 Å². The third-order valence-electron chi connectivity index (χ3n) is 7.34. The average molecular weight is 432 g/mol. The topological polar surface area (TPSA) is 80.9 Å². The Bertz CT molecular complexity index is 1180. The summed E-state index contributed by atoms with van der Waals surface area (Å²) in [6.45, 7) is 5.12. The Hall–Kier alpha value is -3.16. The summed E-state index contributed by atoms with van der Waals surface area (Å²) in [6, 6.07) is 4.28. The van der Waals surface area contributed by atoms with Gasteiger partial charge in [-0.1, -0.05) is 13.0 Å². The molecule has 0 aromatic carbocycles. The number of nitrogens with zero attached hydrogens (tertiary/aromatic N) is 6. The number of hydrogen-bond acceptors (Lipinski definition) is 5. The summed E-state index contributed by atoms with van der Waals surface area (Å²) in [5.74, 6) is 0.947. The number of imidazole rings is 2. The molecule has 1 saturated heterocycles. The molecule has 32 heavy (non-hydrogen) atoms. The number of aryl methyl sites for hydroxylation is 2. The number of nitrogens with one attached hydrogen (secondary N) is 1. The molecule has 0 radical (unpaired) electrons. The zero-order valence-corrected chi connectivity index (χ0v) is 18.7. The quantitative estimate of drug-likeness (QED) is 0.649. The predicted octanol–water partition coefficient (Wildman–Crippen LogP) is 2.64. The first-order valence-corrected chi connectivity index (χ1v) is 11.6. The maximum Gasteiger partial charge on any atom is 0.272 e. The molecule has 1 saturated carbocycles. The first kappa shape index (κ1) is 19.5. The molecule has 166 valence electrons. The lowest BCUT2D eigenvalue weighted by molar-refractivity contribution is 0.0931. The van der Waals surface area contributed by atoms with E-state index in [0.29, 0.717) is 17.7 Å². The van der Waals surface area contributed by atoms with Gasteiger partial charge in [-0.2, -0.15) is 0 Å². The van der Waals surface area contributed by atoms with E-state index in [1.807, 2.05) is 28.7 Å². The number of aromatic nitrogens is 5. The van der Waals surface area contributed by atoms with Gasteiger partial charge in [-0.25, -0.2) is 15.0 Å². The minimum Gasteiger partial charge on any atom is -0.355 e. The molecule has 1 spiro atoms. The molecule has 8 nitrogen and oxygen atoms in total. The Labute approximate surface area is 187 Å². The number of anilines is 1. The summed E-state index contributed by atoms with van der Waals surface area (Å²) in [7, 11) is 2.00. The van der Waals surface area contributed by atoms with Crippen molar-refractivity contribution < 1.29 is 4.79 Å². The molecule has 3 aromatic rings. The van der Waals surface area contributed by atoms with E-state index in [0.717, 1.165) is 49.6 Å². The van der Waals surface area contributed by atoms with E-state index in [4.69, 9.17) is 4.98 Å². The highest BCUT2D eigenvalue weighted by Gasteiger charge is 2.52. The van der Waals surface area contributed by atoms with Gasteiger partial charge in [-0.15, -0.1) is 0 Å². The highest BCUT2D eigenvalue weighted by Crippen LogP contribution is 2.53. The molecule has 2 aliphatic carbocycles. The number of fused-ring (bicyclic) bond motifs is 1. The van der Waals surface area contributed by atoms with Gasteiger partial charge in [0.25, 0.3) is 5.91 Å². The van der Waals surface area contributed by atoms with Crippen LogP contribution in [-0.2, 0) is 26.4 Å². The maximum absolute atomic E-state index is 12.8. The Morgan fingerprint density at radius 1 is 1.22 bits per heavy atom. The van der Waals surface area contributed by atoms with Gasteiger partial charge < -0.3 is 19.4 Å². The van der Waals surface area contributed by atoms with E-state index < -0.39 is 0 Å². The fraction of sp³-hybridized carbons (Fsp3) is 0.500. The van der Waals surface area contributed by atoms with Crippen LogP contribution >= 0.6 is 0 Å². The lowest BCUT2D eigenvalue weighted by Gasteiger charge is -2.41. The van der Waals surface area contributed by atoms with E-state index in [1.54, 1.807) is 6.33 Å². The van der Waals surface area contributed by atoms with Crippen LogP contribution in [0.25, 0.3) is 0 Å². The monoisotopic (exact) mass is 431 g/mol. The zero-order valence-electron chi connectivity index (χ0n) is 18.7. The van der Waals surface area contributed by atoms with Gasteiger partial charge in [0.05, 0.1) is 30.9 Å². The van der Waals surface area contributed by atoms with Crippen molar-refractivity contribution in [2.75, 3.05) is 18.0 Å². The summed E-state index contributed by atoms with van der Waals surface area (Å²) in [5, 5.41) is 3.10. The van der Waals surface area contributed by atoms with Crippen LogP contribution in [0.15, 0.2) is 31.0 Å². The van der Waals surface area contributed by atoms with Gasteiger partial charge in [-0.3, -0.25) is 4.79 Å². The van der Waals surface area contributed by atoms with Gasteiger partial charge in [0, 0.05) is 43.1 Å². The van der Waals surface area contributed by atoms with E-state index >= 15 is 0 Å². The third kappa shape index (κ3) is 3.29. The molecule has 3 aliphatic rings. The van der Waals surface area contributed by atoms with Crippen molar-refractivity contribution in [1.29, 1.82) is 0 Å². The van der Waals surface area contributed by atoms with Crippen molar-refractivity contribution in [2.24, 2.45) is 12.5 Å². The zero-order chi connectivity index (χ0) is 21.9. The molecule has 6 rings (SSSR count). The number of hydrogen-bond donors (Lipinski definition) is 1. The van der Waals surface area contributed by atoms with Crippen molar-refractivity contribution in [3.8, 4) is 0 Å². The fourth-order valence-electron chi connectivity index (χ4n) is 5.18. The first-order chi connectivity index (χ1) is 15.5. The van der Waals surface area contributed by atoms with Crippen molar-refractivity contribution in [2.45, 2.75) is 51.6 Å². The second kappa shape index (κ2) is 7.18. The smallest absolute Gasteiger partial charge is 0.272 e. The first-order valence-electron chi connectivity index (χ1n) is 11.6. The molecule has 0 unspecified atom stereocenters. The van der Waals surface area contributed by atoms with Crippen LogP contribution in [0.5, 0.6) is 0 Å². The summed E-state index contributed by atoms with van der Waals surface area (Å²) in [6.07, 6.45) is 10.8. The van der Waals surface area contributed by atoms with Gasteiger partial charge in [0.15, 0.2) is 0 Å². The molecular weight excluding hydrogens is 402 g/mol. The maximum atomic E-state index is 12.8. The molecule has 4 heterocycles. The standard InChI is InChI=1S/C24H29N7O/c1-3-17-16(4-7-21(27-17)31-12-24(13-31)8-9-24)10-30-11-19(25-15-30)23(32)28-18-5-6-20-22(18)26-14-29(20)2/h4,7,11,14-15,18H,3,5-6,8-10,12-13H2,1-2H3,(H,28,32)/t18-/m1/s1. The van der Waals surface area contributed by atoms with E-state index in [9.17, 15) is 4.79 Å². The molecule has 8 heteroatoms. The number of carbonyl (C=O) groups excluding carboxylic acids is 1. The Morgan fingerprint density at radius 2 is 2.06 bits per heavy atom. The van der Waals surface area contributed by atoms with Crippen LogP contribution in [0.4, 0.5) is 5.82 Å². The van der Waals surface area contributed by atoms with Gasteiger partial charge in [0.2, 0.25) is 0 Å².